The van der Waals surface area contributed by atoms with Crippen molar-refractivity contribution < 1.29 is 19.0 Å². The highest BCUT2D eigenvalue weighted by molar-refractivity contribution is 6.76. The average molecular weight is 482 g/mol. The van der Waals surface area contributed by atoms with Crippen molar-refractivity contribution >= 4 is 36.9 Å². The standard InChI is InChI=1S/C24H31N5O4Si/c1-31-24(30)16-29-22-7-6-20(13-19(22)15-28-29)33-23-8-5-18(14-26-23)21(9-10-25)27-17-32-11-12-34(2,3)4/h5-8,10,13-15,25H,9,11-12,16-17H2,1-4H3. The Bertz CT molecular complexity index is 1150. The number of ether oxygens (including phenoxy) is 3. The Kier molecular flexibility index (Phi) is 8.66. The molecule has 0 aliphatic heterocycles. The maximum atomic E-state index is 11.5. The molecule has 3 aromatic rings. The molecular weight excluding hydrogens is 450 g/mol. The quantitative estimate of drug-likeness (QED) is 0.176. The molecule has 180 valence electrons. The number of rotatable bonds is 12. The van der Waals surface area contributed by atoms with Crippen molar-refractivity contribution in [1.29, 1.82) is 5.41 Å². The molecule has 0 spiro atoms. The van der Waals surface area contributed by atoms with Gasteiger partial charge in [-0.3, -0.25) is 14.5 Å². The molecule has 0 fully saturated rings. The molecule has 0 radical (unpaired) electrons. The number of hydrogen-bond acceptors (Lipinski definition) is 8. The highest BCUT2D eigenvalue weighted by atomic mass is 28.3. The molecular formula is C24H31N5O4Si. The van der Waals surface area contributed by atoms with Gasteiger partial charge in [-0.25, -0.2) is 4.98 Å². The molecule has 0 saturated carbocycles. The molecule has 0 aliphatic rings. The fourth-order valence-electron chi connectivity index (χ4n) is 3.11. The Morgan fingerprint density at radius 3 is 2.71 bits per heavy atom. The number of aromatic nitrogens is 3. The first-order valence-corrected chi connectivity index (χ1v) is 14.8. The third-order valence-corrected chi connectivity index (χ3v) is 6.75. The van der Waals surface area contributed by atoms with Crippen LogP contribution in [0, 0.1) is 5.41 Å². The summed E-state index contributed by atoms with van der Waals surface area (Å²) in [6, 6.07) is 10.2. The molecule has 9 nitrogen and oxygen atoms in total. The lowest BCUT2D eigenvalue weighted by Crippen LogP contribution is -2.21. The molecule has 2 aromatic heterocycles. The second-order valence-electron chi connectivity index (χ2n) is 8.95. The summed E-state index contributed by atoms with van der Waals surface area (Å²) in [7, 11) is 0.217. The molecule has 0 unspecified atom stereocenters. The summed E-state index contributed by atoms with van der Waals surface area (Å²) in [6.07, 6.45) is 5.09. The van der Waals surface area contributed by atoms with Crippen LogP contribution in [0.25, 0.3) is 10.9 Å². The lowest BCUT2D eigenvalue weighted by Gasteiger charge is -2.14. The van der Waals surface area contributed by atoms with E-state index in [0.717, 1.165) is 28.2 Å². The summed E-state index contributed by atoms with van der Waals surface area (Å²) in [5.74, 6) is 0.680. The van der Waals surface area contributed by atoms with Gasteiger partial charge < -0.3 is 19.6 Å². The smallest absolute Gasteiger partial charge is 0.327 e. The van der Waals surface area contributed by atoms with Crippen LogP contribution >= 0.6 is 0 Å². The van der Waals surface area contributed by atoms with Gasteiger partial charge in [0.1, 0.15) is 19.0 Å². The molecule has 0 saturated heterocycles. The van der Waals surface area contributed by atoms with E-state index in [1.807, 2.05) is 18.2 Å². The van der Waals surface area contributed by atoms with E-state index in [2.05, 4.69) is 34.7 Å². The van der Waals surface area contributed by atoms with Crippen molar-refractivity contribution in [3.05, 3.63) is 48.3 Å². The Hall–Kier alpha value is -3.37. The zero-order chi connectivity index (χ0) is 24.6. The van der Waals surface area contributed by atoms with E-state index < -0.39 is 8.07 Å². The zero-order valence-electron chi connectivity index (χ0n) is 20.1. The molecule has 34 heavy (non-hydrogen) atoms. The van der Waals surface area contributed by atoms with Crippen molar-refractivity contribution in [2.45, 2.75) is 38.7 Å². The van der Waals surface area contributed by atoms with Crippen molar-refractivity contribution in [1.82, 2.24) is 14.8 Å². The Morgan fingerprint density at radius 2 is 2.03 bits per heavy atom. The van der Waals surface area contributed by atoms with Gasteiger partial charge in [0.05, 0.1) is 24.5 Å². The van der Waals surface area contributed by atoms with Crippen LogP contribution < -0.4 is 4.74 Å². The van der Waals surface area contributed by atoms with E-state index in [0.29, 0.717) is 24.7 Å². The molecule has 10 heteroatoms. The van der Waals surface area contributed by atoms with E-state index in [-0.39, 0.29) is 19.2 Å². The number of hydrogen-bond donors (Lipinski definition) is 1. The van der Waals surface area contributed by atoms with Crippen molar-refractivity contribution in [2.75, 3.05) is 20.4 Å². The monoisotopic (exact) mass is 481 g/mol. The third kappa shape index (κ3) is 7.32. The van der Waals surface area contributed by atoms with Crippen molar-refractivity contribution in [3.63, 3.8) is 0 Å². The fraction of sp³-hybridized carbons (Fsp3) is 0.375. The number of carbonyl (C=O) groups excluding carboxylic acids is 1. The van der Waals surface area contributed by atoms with Gasteiger partial charge in [-0.05, 0) is 30.3 Å². The number of aliphatic imine (C=N–C) groups is 1. The first kappa shape index (κ1) is 25.3. The van der Waals surface area contributed by atoms with Gasteiger partial charge in [-0.15, -0.1) is 0 Å². The average Bonchev–Trinajstić information content (AvgIpc) is 3.19. The predicted molar refractivity (Wildman–Crippen MR) is 135 cm³/mol. The zero-order valence-corrected chi connectivity index (χ0v) is 21.1. The first-order valence-electron chi connectivity index (χ1n) is 11.1. The lowest BCUT2D eigenvalue weighted by molar-refractivity contribution is -0.141. The van der Waals surface area contributed by atoms with E-state index >= 15 is 0 Å². The minimum Gasteiger partial charge on any atom is -0.468 e. The fourth-order valence-corrected chi connectivity index (χ4v) is 3.87. The summed E-state index contributed by atoms with van der Waals surface area (Å²) < 4.78 is 17.8. The number of fused-ring (bicyclic) bond motifs is 1. The summed E-state index contributed by atoms with van der Waals surface area (Å²) in [6.45, 7) is 7.96. The van der Waals surface area contributed by atoms with Crippen LogP contribution in [0.5, 0.6) is 11.6 Å². The minimum atomic E-state index is -1.13. The number of nitrogens with one attached hydrogen (secondary N) is 1. The Labute approximate surface area is 200 Å². The van der Waals surface area contributed by atoms with Crippen LogP contribution in [0.15, 0.2) is 47.7 Å². The maximum Gasteiger partial charge on any atom is 0.327 e. The second-order valence-corrected chi connectivity index (χ2v) is 14.6. The number of pyridine rings is 1. The van der Waals surface area contributed by atoms with Crippen LogP contribution in [0.1, 0.15) is 12.0 Å². The van der Waals surface area contributed by atoms with E-state index in [1.54, 1.807) is 29.2 Å². The number of methoxy groups -OCH3 is 1. The molecule has 0 aliphatic carbocycles. The number of benzene rings is 1. The summed E-state index contributed by atoms with van der Waals surface area (Å²) in [5.41, 5.74) is 2.38. The molecule has 3 rings (SSSR count). The van der Waals surface area contributed by atoms with Crippen LogP contribution in [-0.2, 0) is 20.8 Å². The van der Waals surface area contributed by atoms with Gasteiger partial charge in [0.2, 0.25) is 5.88 Å². The highest BCUT2D eigenvalue weighted by Crippen LogP contribution is 2.25. The SMILES string of the molecule is COC(=O)Cn1ncc2cc(Oc3ccc(C(CC=N)=NCOCC[Si](C)(C)C)cn3)ccc21. The molecule has 1 N–H and O–H groups in total. The molecule has 1 aromatic carbocycles. The highest BCUT2D eigenvalue weighted by Gasteiger charge is 2.12. The van der Waals surface area contributed by atoms with Crippen LogP contribution in [-0.4, -0.2) is 61.2 Å². The Balaban J connectivity index is 1.64. The van der Waals surface area contributed by atoms with E-state index in [9.17, 15) is 4.79 Å². The van der Waals surface area contributed by atoms with Gasteiger partial charge in [-0.2, -0.15) is 5.10 Å². The normalized spacial score (nSPS) is 12.1. The van der Waals surface area contributed by atoms with Gasteiger partial charge in [-0.1, -0.05) is 19.6 Å². The van der Waals surface area contributed by atoms with Crippen LogP contribution in [0.2, 0.25) is 25.7 Å². The van der Waals surface area contributed by atoms with Gasteiger partial charge in [0.15, 0.2) is 0 Å². The number of carbonyl (C=O) groups is 1. The molecule has 0 amide bonds. The van der Waals surface area contributed by atoms with E-state index in [1.165, 1.54) is 13.3 Å². The summed E-state index contributed by atoms with van der Waals surface area (Å²) >= 11 is 0. The van der Waals surface area contributed by atoms with Crippen molar-refractivity contribution in [2.24, 2.45) is 4.99 Å². The summed E-state index contributed by atoms with van der Waals surface area (Å²) in [5, 5.41) is 12.5. The first-order chi connectivity index (χ1) is 16.3. The molecule has 0 atom stereocenters. The molecule has 2 heterocycles. The predicted octanol–water partition coefficient (Wildman–Crippen LogP) is 4.54. The third-order valence-electron chi connectivity index (χ3n) is 5.05. The van der Waals surface area contributed by atoms with Gasteiger partial charge in [0, 0.05) is 50.5 Å². The number of esters is 1. The Morgan fingerprint density at radius 1 is 1.21 bits per heavy atom. The number of nitrogens with zero attached hydrogens (tertiary/aromatic N) is 4. The van der Waals surface area contributed by atoms with Gasteiger partial charge >= 0.3 is 5.97 Å². The van der Waals surface area contributed by atoms with Gasteiger partial charge in [0.25, 0.3) is 0 Å². The van der Waals surface area contributed by atoms with Crippen LogP contribution in [0.4, 0.5) is 0 Å². The summed E-state index contributed by atoms with van der Waals surface area (Å²) in [4.78, 5) is 20.4. The topological polar surface area (TPSA) is 112 Å². The van der Waals surface area contributed by atoms with Crippen LogP contribution in [0.3, 0.4) is 0 Å². The minimum absolute atomic E-state index is 0.0478. The second kappa shape index (κ2) is 11.7. The largest absolute Gasteiger partial charge is 0.468 e. The van der Waals surface area contributed by atoms with E-state index in [4.69, 9.17) is 19.6 Å². The maximum absolute atomic E-state index is 11.5. The van der Waals surface area contributed by atoms with Crippen molar-refractivity contribution in [3.8, 4) is 11.6 Å². The lowest BCUT2D eigenvalue weighted by atomic mass is 10.1. The molecule has 0 bridgehead atoms.